The zero-order valence-corrected chi connectivity index (χ0v) is 8.30. The summed E-state index contributed by atoms with van der Waals surface area (Å²) in [6.45, 7) is 0. The van der Waals surface area contributed by atoms with Gasteiger partial charge < -0.3 is 4.79 Å². The smallest absolute Gasteiger partial charge is 0.130 e. The van der Waals surface area contributed by atoms with E-state index in [2.05, 4.69) is 0 Å². The Balaban J connectivity index is 2.33. The lowest BCUT2D eigenvalue weighted by Gasteiger charge is -2.40. The van der Waals surface area contributed by atoms with Gasteiger partial charge in [0.2, 0.25) is 0 Å². The average molecular weight is 213 g/mol. The summed E-state index contributed by atoms with van der Waals surface area (Å²) in [5.74, 6) is 0. The Morgan fingerprint density at radius 1 is 1.50 bits per heavy atom. The van der Waals surface area contributed by atoms with Crippen LogP contribution in [0.5, 0.6) is 0 Å². The van der Waals surface area contributed by atoms with Crippen LogP contribution in [0.25, 0.3) is 0 Å². The minimum atomic E-state index is -0.848. The quantitative estimate of drug-likeness (QED) is 0.689. The van der Waals surface area contributed by atoms with Gasteiger partial charge in [-0.2, -0.15) is 0 Å². The van der Waals surface area contributed by atoms with Crippen molar-refractivity contribution in [2.75, 3.05) is 0 Å². The van der Waals surface area contributed by atoms with Crippen LogP contribution in [0.3, 0.4) is 0 Å². The van der Waals surface area contributed by atoms with Crippen LogP contribution >= 0.6 is 11.6 Å². The predicted molar refractivity (Wildman–Crippen MR) is 53.3 cm³/mol. The largest absolute Gasteiger partial charge is 0.302 e. The van der Waals surface area contributed by atoms with E-state index in [-0.39, 0.29) is 12.8 Å². The molecule has 0 bridgehead atoms. The molecule has 0 heterocycles. The standard InChI is InChI=1S/C11H10ClFO/c12-9-3-1-2-8(4-9)11(7-14)5-10(13)6-11/h1-4,7,10H,5-6H2. The van der Waals surface area contributed by atoms with Gasteiger partial charge in [-0.05, 0) is 30.5 Å². The molecule has 1 aliphatic carbocycles. The van der Waals surface area contributed by atoms with E-state index in [9.17, 15) is 9.18 Å². The molecule has 0 N–H and O–H groups in total. The Kier molecular flexibility index (Phi) is 2.31. The van der Waals surface area contributed by atoms with Crippen LogP contribution in [0.1, 0.15) is 18.4 Å². The first-order valence-electron chi connectivity index (χ1n) is 4.53. The second kappa shape index (κ2) is 3.35. The maximum atomic E-state index is 12.8. The molecule has 1 saturated carbocycles. The molecule has 14 heavy (non-hydrogen) atoms. The minimum Gasteiger partial charge on any atom is -0.302 e. The number of hydrogen-bond donors (Lipinski definition) is 0. The van der Waals surface area contributed by atoms with Gasteiger partial charge in [-0.3, -0.25) is 0 Å². The topological polar surface area (TPSA) is 17.1 Å². The molecule has 0 unspecified atom stereocenters. The van der Waals surface area contributed by atoms with Crippen molar-refractivity contribution in [1.82, 2.24) is 0 Å². The van der Waals surface area contributed by atoms with E-state index in [1.54, 1.807) is 18.2 Å². The van der Waals surface area contributed by atoms with E-state index in [1.165, 1.54) is 0 Å². The summed E-state index contributed by atoms with van der Waals surface area (Å²) >= 11 is 5.82. The summed E-state index contributed by atoms with van der Waals surface area (Å²) in [4.78, 5) is 11.0. The van der Waals surface area contributed by atoms with Gasteiger partial charge in [0.1, 0.15) is 12.5 Å². The van der Waals surface area contributed by atoms with E-state index in [4.69, 9.17) is 11.6 Å². The zero-order valence-electron chi connectivity index (χ0n) is 7.54. The summed E-state index contributed by atoms with van der Waals surface area (Å²) in [7, 11) is 0. The molecule has 0 radical (unpaired) electrons. The zero-order chi connectivity index (χ0) is 10.2. The molecule has 1 aliphatic rings. The van der Waals surface area contributed by atoms with Gasteiger partial charge in [0.05, 0.1) is 5.41 Å². The van der Waals surface area contributed by atoms with E-state index >= 15 is 0 Å². The molecule has 0 spiro atoms. The monoisotopic (exact) mass is 212 g/mol. The van der Waals surface area contributed by atoms with Gasteiger partial charge in [-0.15, -0.1) is 0 Å². The second-order valence-corrected chi connectivity index (χ2v) is 4.23. The molecule has 0 aromatic heterocycles. The van der Waals surface area contributed by atoms with E-state index < -0.39 is 11.6 Å². The van der Waals surface area contributed by atoms with E-state index in [0.717, 1.165) is 11.8 Å². The average Bonchev–Trinajstić information content (AvgIpc) is 2.12. The lowest BCUT2D eigenvalue weighted by atomic mass is 9.64. The summed E-state index contributed by atoms with van der Waals surface area (Å²) in [5.41, 5.74) is 0.207. The highest BCUT2D eigenvalue weighted by molar-refractivity contribution is 6.30. The van der Waals surface area contributed by atoms with Crippen molar-refractivity contribution in [3.05, 3.63) is 34.9 Å². The molecule has 0 saturated heterocycles. The van der Waals surface area contributed by atoms with Crippen molar-refractivity contribution >= 4 is 17.9 Å². The fourth-order valence-electron chi connectivity index (χ4n) is 1.93. The molecule has 1 fully saturated rings. The van der Waals surface area contributed by atoms with Crippen molar-refractivity contribution in [2.24, 2.45) is 0 Å². The number of carbonyl (C=O) groups is 1. The van der Waals surface area contributed by atoms with Crippen LogP contribution < -0.4 is 0 Å². The van der Waals surface area contributed by atoms with Gasteiger partial charge >= 0.3 is 0 Å². The molecule has 1 nitrogen and oxygen atoms in total. The number of benzene rings is 1. The van der Waals surface area contributed by atoms with Gasteiger partial charge in [0.25, 0.3) is 0 Å². The molecule has 0 atom stereocenters. The third-order valence-corrected chi connectivity index (χ3v) is 3.03. The Morgan fingerprint density at radius 2 is 2.21 bits per heavy atom. The number of rotatable bonds is 2. The third-order valence-electron chi connectivity index (χ3n) is 2.80. The van der Waals surface area contributed by atoms with Crippen LogP contribution in [0.4, 0.5) is 4.39 Å². The maximum absolute atomic E-state index is 12.8. The lowest BCUT2D eigenvalue weighted by Crippen LogP contribution is -2.43. The Bertz CT molecular complexity index is 358. The molecule has 74 valence electrons. The van der Waals surface area contributed by atoms with Crippen molar-refractivity contribution in [2.45, 2.75) is 24.4 Å². The SMILES string of the molecule is O=CC1(c2cccc(Cl)c2)CC(F)C1. The third kappa shape index (κ3) is 1.44. The molecule has 0 aliphatic heterocycles. The molecule has 0 amide bonds. The predicted octanol–water partition coefficient (Wildman–Crippen LogP) is 2.91. The van der Waals surface area contributed by atoms with Crippen molar-refractivity contribution in [3.8, 4) is 0 Å². The fourth-order valence-corrected chi connectivity index (χ4v) is 2.12. The molecular formula is C11H10ClFO. The molecular weight excluding hydrogens is 203 g/mol. The highest BCUT2D eigenvalue weighted by Crippen LogP contribution is 2.44. The van der Waals surface area contributed by atoms with Gasteiger partial charge in [-0.1, -0.05) is 23.7 Å². The van der Waals surface area contributed by atoms with Crippen LogP contribution in [-0.4, -0.2) is 12.5 Å². The first-order chi connectivity index (χ1) is 6.66. The number of halogens is 2. The molecule has 3 heteroatoms. The first-order valence-corrected chi connectivity index (χ1v) is 4.90. The Morgan fingerprint density at radius 3 is 2.71 bits per heavy atom. The Hall–Kier alpha value is -0.890. The van der Waals surface area contributed by atoms with Crippen molar-refractivity contribution in [3.63, 3.8) is 0 Å². The summed E-state index contributed by atoms with van der Waals surface area (Å²) < 4.78 is 12.8. The van der Waals surface area contributed by atoms with Gasteiger partial charge in [0, 0.05) is 5.02 Å². The van der Waals surface area contributed by atoms with Crippen molar-refractivity contribution in [1.29, 1.82) is 0 Å². The van der Waals surface area contributed by atoms with Gasteiger partial charge in [0.15, 0.2) is 0 Å². The maximum Gasteiger partial charge on any atom is 0.130 e. The number of carbonyl (C=O) groups excluding carboxylic acids is 1. The highest BCUT2D eigenvalue weighted by atomic mass is 35.5. The van der Waals surface area contributed by atoms with Crippen molar-refractivity contribution < 1.29 is 9.18 Å². The van der Waals surface area contributed by atoms with E-state index in [0.29, 0.717) is 5.02 Å². The normalized spacial score (nSPS) is 30.9. The van der Waals surface area contributed by atoms with E-state index in [1.807, 2.05) is 6.07 Å². The van der Waals surface area contributed by atoms with Crippen LogP contribution in [0, 0.1) is 0 Å². The number of hydrogen-bond acceptors (Lipinski definition) is 1. The second-order valence-electron chi connectivity index (χ2n) is 3.79. The number of alkyl halides is 1. The van der Waals surface area contributed by atoms with Crippen LogP contribution in [-0.2, 0) is 10.2 Å². The summed E-state index contributed by atoms with van der Waals surface area (Å²) in [5, 5.41) is 0.589. The molecule has 1 aromatic rings. The Labute approximate surface area is 86.9 Å². The van der Waals surface area contributed by atoms with Crippen LogP contribution in [0.2, 0.25) is 5.02 Å². The molecule has 1 aromatic carbocycles. The number of aldehydes is 1. The lowest BCUT2D eigenvalue weighted by molar-refractivity contribution is -0.117. The fraction of sp³-hybridized carbons (Fsp3) is 0.364. The summed E-state index contributed by atoms with van der Waals surface area (Å²) in [6, 6.07) is 7.09. The minimum absolute atomic E-state index is 0.289. The highest BCUT2D eigenvalue weighted by Gasteiger charge is 2.46. The summed E-state index contributed by atoms with van der Waals surface area (Å²) in [6.07, 6.45) is 0.571. The van der Waals surface area contributed by atoms with Crippen LogP contribution in [0.15, 0.2) is 24.3 Å². The molecule has 2 rings (SSSR count). The van der Waals surface area contributed by atoms with Gasteiger partial charge in [-0.25, -0.2) is 4.39 Å². The first kappa shape index (κ1) is 9.66.